The lowest BCUT2D eigenvalue weighted by Crippen LogP contribution is -1.88. The van der Waals surface area contributed by atoms with Crippen molar-refractivity contribution in [3.8, 4) is 11.4 Å². The van der Waals surface area contributed by atoms with Crippen molar-refractivity contribution >= 4 is 0 Å². The van der Waals surface area contributed by atoms with Crippen LogP contribution in [0.4, 0.5) is 0 Å². The topological polar surface area (TPSA) is 57.4 Å². The summed E-state index contributed by atoms with van der Waals surface area (Å²) < 4.78 is 0. The summed E-state index contributed by atoms with van der Waals surface area (Å²) in [4.78, 5) is 14.6. The van der Waals surface area contributed by atoms with E-state index in [1.54, 1.807) is 6.20 Å². The maximum atomic E-state index is 4.23. The molecule has 2 heterocycles. The van der Waals surface area contributed by atoms with E-state index >= 15 is 0 Å². The second-order valence-electron chi connectivity index (χ2n) is 6.92. The van der Waals surface area contributed by atoms with Gasteiger partial charge in [0.15, 0.2) is 0 Å². The first-order valence-corrected chi connectivity index (χ1v) is 10.4. The fraction of sp³-hybridized carbons (Fsp3) is 0.478. The normalized spacial score (nSPS) is 10.4. The molecule has 0 bridgehead atoms. The quantitative estimate of drug-likeness (QED) is 0.377. The SMILES string of the molecule is CCCCCCCCCCCc1ncc[nH]1.c1ccc(-c2ncc[nH]2)cc1. The molecule has 2 aromatic heterocycles. The summed E-state index contributed by atoms with van der Waals surface area (Å²) in [5, 5.41) is 0. The van der Waals surface area contributed by atoms with E-state index in [0.717, 1.165) is 23.6 Å². The lowest BCUT2D eigenvalue weighted by molar-refractivity contribution is 0.562. The van der Waals surface area contributed by atoms with Crippen LogP contribution in [0, 0.1) is 0 Å². The Morgan fingerprint density at radius 3 is 1.93 bits per heavy atom. The zero-order valence-electron chi connectivity index (χ0n) is 16.7. The highest BCUT2D eigenvalue weighted by Crippen LogP contribution is 2.12. The van der Waals surface area contributed by atoms with Gasteiger partial charge in [-0.15, -0.1) is 0 Å². The van der Waals surface area contributed by atoms with Crippen molar-refractivity contribution in [2.75, 3.05) is 0 Å². The Kier molecular flexibility index (Phi) is 10.7. The molecule has 0 spiro atoms. The summed E-state index contributed by atoms with van der Waals surface area (Å²) in [7, 11) is 0. The van der Waals surface area contributed by atoms with Crippen molar-refractivity contribution in [2.45, 2.75) is 71.1 Å². The Morgan fingerprint density at radius 1 is 0.704 bits per heavy atom. The van der Waals surface area contributed by atoms with E-state index in [9.17, 15) is 0 Å². The number of aromatic amines is 2. The van der Waals surface area contributed by atoms with Crippen LogP contribution in [-0.2, 0) is 6.42 Å². The summed E-state index contributed by atoms with van der Waals surface area (Å²) in [6.07, 6.45) is 20.9. The molecular weight excluding hydrogens is 332 g/mol. The van der Waals surface area contributed by atoms with E-state index in [2.05, 4.69) is 26.9 Å². The minimum atomic E-state index is 0.922. The van der Waals surface area contributed by atoms with Gasteiger partial charge in [-0.05, 0) is 6.42 Å². The minimum absolute atomic E-state index is 0.922. The molecule has 0 aliphatic heterocycles. The van der Waals surface area contributed by atoms with Gasteiger partial charge in [0.25, 0.3) is 0 Å². The highest BCUT2D eigenvalue weighted by atomic mass is 14.9. The Hall–Kier alpha value is -2.36. The van der Waals surface area contributed by atoms with Crippen molar-refractivity contribution in [1.82, 2.24) is 19.9 Å². The van der Waals surface area contributed by atoms with E-state index < -0.39 is 0 Å². The van der Waals surface area contributed by atoms with Crippen LogP contribution in [0.5, 0.6) is 0 Å². The van der Waals surface area contributed by atoms with Gasteiger partial charge in [-0.25, -0.2) is 9.97 Å². The number of H-pyrrole nitrogens is 2. The second-order valence-corrected chi connectivity index (χ2v) is 6.92. The number of benzene rings is 1. The van der Waals surface area contributed by atoms with Crippen LogP contribution in [0.3, 0.4) is 0 Å². The molecule has 3 aromatic rings. The van der Waals surface area contributed by atoms with Crippen molar-refractivity contribution in [1.29, 1.82) is 0 Å². The lowest BCUT2D eigenvalue weighted by atomic mass is 10.1. The van der Waals surface area contributed by atoms with E-state index in [1.807, 2.05) is 48.9 Å². The average molecular weight is 367 g/mol. The van der Waals surface area contributed by atoms with E-state index in [1.165, 1.54) is 57.8 Å². The molecule has 0 saturated heterocycles. The molecule has 0 atom stereocenters. The molecular formula is C23H34N4. The number of nitrogens with one attached hydrogen (secondary N) is 2. The van der Waals surface area contributed by atoms with Gasteiger partial charge in [-0.2, -0.15) is 0 Å². The zero-order chi connectivity index (χ0) is 19.0. The van der Waals surface area contributed by atoms with Gasteiger partial charge in [-0.1, -0.05) is 88.6 Å². The maximum absolute atomic E-state index is 4.23. The molecule has 4 heteroatoms. The minimum Gasteiger partial charge on any atom is -0.349 e. The molecule has 4 nitrogen and oxygen atoms in total. The third-order valence-electron chi connectivity index (χ3n) is 4.62. The molecule has 146 valence electrons. The summed E-state index contributed by atoms with van der Waals surface area (Å²) in [5.41, 5.74) is 1.12. The molecule has 0 saturated carbocycles. The maximum Gasteiger partial charge on any atom is 0.137 e. The smallest absolute Gasteiger partial charge is 0.137 e. The molecule has 1 aromatic carbocycles. The first-order valence-electron chi connectivity index (χ1n) is 10.4. The van der Waals surface area contributed by atoms with Gasteiger partial charge in [0.2, 0.25) is 0 Å². The Balaban J connectivity index is 0.000000206. The Labute approximate surface area is 163 Å². The first-order chi connectivity index (χ1) is 13.4. The van der Waals surface area contributed by atoms with E-state index in [-0.39, 0.29) is 0 Å². The van der Waals surface area contributed by atoms with Crippen LogP contribution in [0.15, 0.2) is 55.1 Å². The molecule has 3 rings (SSSR count). The standard InChI is InChI=1S/C14H26N2.C9H8N2/c1-2-3-4-5-6-7-8-9-10-11-14-15-12-13-16-14;1-2-4-8(5-3-1)9-10-6-7-11-9/h12-13H,2-11H2,1H3,(H,15,16);1-7H,(H,10,11). The fourth-order valence-corrected chi connectivity index (χ4v) is 3.06. The van der Waals surface area contributed by atoms with Gasteiger partial charge >= 0.3 is 0 Å². The number of aromatic nitrogens is 4. The number of hydrogen-bond acceptors (Lipinski definition) is 2. The lowest BCUT2D eigenvalue weighted by Gasteiger charge is -2.01. The predicted molar refractivity (Wildman–Crippen MR) is 114 cm³/mol. The van der Waals surface area contributed by atoms with E-state index in [0.29, 0.717) is 0 Å². The third-order valence-corrected chi connectivity index (χ3v) is 4.62. The van der Waals surface area contributed by atoms with Gasteiger partial charge in [0.05, 0.1) is 0 Å². The number of hydrogen-bond donors (Lipinski definition) is 2. The largest absolute Gasteiger partial charge is 0.349 e. The van der Waals surface area contributed by atoms with E-state index in [4.69, 9.17) is 0 Å². The first kappa shape index (κ1) is 20.9. The number of rotatable bonds is 11. The van der Waals surface area contributed by atoms with Crippen LogP contribution < -0.4 is 0 Å². The second kappa shape index (κ2) is 13.8. The van der Waals surface area contributed by atoms with Crippen LogP contribution in [0.25, 0.3) is 11.4 Å². The molecule has 0 radical (unpaired) electrons. The van der Waals surface area contributed by atoms with Crippen molar-refractivity contribution in [3.63, 3.8) is 0 Å². The van der Waals surface area contributed by atoms with Crippen molar-refractivity contribution in [2.24, 2.45) is 0 Å². The molecule has 0 aliphatic rings. The van der Waals surface area contributed by atoms with Crippen LogP contribution >= 0.6 is 0 Å². The highest BCUT2D eigenvalue weighted by Gasteiger charge is 1.96. The van der Waals surface area contributed by atoms with Gasteiger partial charge < -0.3 is 9.97 Å². The third kappa shape index (κ3) is 9.23. The number of unbranched alkanes of at least 4 members (excludes halogenated alkanes) is 8. The summed E-state index contributed by atoms with van der Waals surface area (Å²) in [6, 6.07) is 10.0. The van der Waals surface area contributed by atoms with Gasteiger partial charge in [0, 0.05) is 36.8 Å². The summed E-state index contributed by atoms with van der Waals surface area (Å²) >= 11 is 0. The molecule has 0 amide bonds. The van der Waals surface area contributed by atoms with Crippen molar-refractivity contribution < 1.29 is 0 Å². The zero-order valence-corrected chi connectivity index (χ0v) is 16.7. The Bertz CT molecular complexity index is 660. The molecule has 0 unspecified atom stereocenters. The van der Waals surface area contributed by atoms with Crippen LogP contribution in [0.1, 0.15) is 70.5 Å². The summed E-state index contributed by atoms with van der Waals surface area (Å²) in [5.74, 6) is 2.06. The summed E-state index contributed by atoms with van der Waals surface area (Å²) in [6.45, 7) is 2.27. The molecule has 2 N–H and O–H groups in total. The van der Waals surface area contributed by atoms with Gasteiger partial charge in [-0.3, -0.25) is 0 Å². The number of imidazole rings is 2. The number of nitrogens with zero attached hydrogens (tertiary/aromatic N) is 2. The monoisotopic (exact) mass is 366 g/mol. The fourth-order valence-electron chi connectivity index (χ4n) is 3.06. The Morgan fingerprint density at radius 2 is 1.33 bits per heavy atom. The van der Waals surface area contributed by atoms with Gasteiger partial charge in [0.1, 0.15) is 11.6 Å². The highest BCUT2D eigenvalue weighted by molar-refractivity contribution is 5.53. The van der Waals surface area contributed by atoms with Crippen LogP contribution in [-0.4, -0.2) is 19.9 Å². The van der Waals surface area contributed by atoms with Crippen molar-refractivity contribution in [3.05, 3.63) is 60.9 Å². The number of aryl methyl sites for hydroxylation is 1. The molecule has 0 fully saturated rings. The average Bonchev–Trinajstić information content (AvgIpc) is 3.42. The van der Waals surface area contributed by atoms with Crippen LogP contribution in [0.2, 0.25) is 0 Å². The predicted octanol–water partition coefficient (Wildman–Crippen LogP) is 6.56. The molecule has 27 heavy (non-hydrogen) atoms. The molecule has 0 aliphatic carbocycles.